The highest BCUT2D eigenvalue weighted by Gasteiger charge is 2.31. The average molecular weight is 335 g/mol. The van der Waals surface area contributed by atoms with E-state index in [1.165, 1.54) is 18.2 Å². The van der Waals surface area contributed by atoms with Gasteiger partial charge in [-0.3, -0.25) is 4.79 Å². The molecule has 1 aliphatic rings. The summed E-state index contributed by atoms with van der Waals surface area (Å²) in [6.07, 6.45) is -0.466. The van der Waals surface area contributed by atoms with E-state index in [9.17, 15) is 14.0 Å². The molecule has 2 aromatic rings. The van der Waals surface area contributed by atoms with Crippen molar-refractivity contribution in [1.29, 1.82) is 0 Å². The number of hydrogen-bond donors (Lipinski definition) is 0. The molecule has 0 N–H and O–H groups in total. The van der Waals surface area contributed by atoms with Crippen molar-refractivity contribution >= 4 is 23.4 Å². The second-order valence-electron chi connectivity index (χ2n) is 5.10. The van der Waals surface area contributed by atoms with Crippen molar-refractivity contribution in [3.63, 3.8) is 0 Å². The van der Waals surface area contributed by atoms with Gasteiger partial charge in [-0.05, 0) is 35.9 Å². The molecule has 0 fully saturated rings. The van der Waals surface area contributed by atoms with E-state index in [0.717, 1.165) is 11.6 Å². The van der Waals surface area contributed by atoms with Crippen LogP contribution in [0.25, 0.3) is 0 Å². The van der Waals surface area contributed by atoms with Crippen molar-refractivity contribution in [2.75, 3.05) is 6.61 Å². The van der Waals surface area contributed by atoms with Gasteiger partial charge >= 0.3 is 5.97 Å². The van der Waals surface area contributed by atoms with Crippen LogP contribution in [-0.4, -0.2) is 24.5 Å². The molecule has 0 bridgehead atoms. The Kier molecular flexibility index (Phi) is 4.30. The zero-order valence-corrected chi connectivity index (χ0v) is 12.7. The SMILES string of the molecule is O=C(COC(=O)[C@H]1Cc2cc(Cl)ccc2O1)c1cccc(F)c1. The molecule has 118 valence electrons. The summed E-state index contributed by atoms with van der Waals surface area (Å²) < 4.78 is 23.5. The molecule has 2 aromatic carbocycles. The molecule has 4 nitrogen and oxygen atoms in total. The second-order valence-corrected chi connectivity index (χ2v) is 5.54. The van der Waals surface area contributed by atoms with Gasteiger partial charge in [0, 0.05) is 17.0 Å². The molecule has 0 spiro atoms. The molecule has 1 heterocycles. The summed E-state index contributed by atoms with van der Waals surface area (Å²) in [6, 6.07) is 10.3. The molecule has 0 unspecified atom stereocenters. The fraction of sp³-hybridized carbons (Fsp3) is 0.176. The van der Waals surface area contributed by atoms with Gasteiger partial charge in [0.1, 0.15) is 11.6 Å². The maximum absolute atomic E-state index is 13.1. The lowest BCUT2D eigenvalue weighted by molar-refractivity contribution is -0.149. The highest BCUT2D eigenvalue weighted by Crippen LogP contribution is 2.31. The number of benzene rings is 2. The normalized spacial score (nSPS) is 15.7. The van der Waals surface area contributed by atoms with Crippen molar-refractivity contribution < 1.29 is 23.5 Å². The van der Waals surface area contributed by atoms with E-state index in [2.05, 4.69) is 0 Å². The van der Waals surface area contributed by atoms with E-state index in [-0.39, 0.29) is 5.56 Å². The summed E-state index contributed by atoms with van der Waals surface area (Å²) >= 11 is 5.89. The highest BCUT2D eigenvalue weighted by atomic mass is 35.5. The van der Waals surface area contributed by atoms with Crippen molar-refractivity contribution in [3.05, 3.63) is 64.4 Å². The van der Waals surface area contributed by atoms with E-state index >= 15 is 0 Å². The van der Waals surface area contributed by atoms with Gasteiger partial charge < -0.3 is 9.47 Å². The Morgan fingerprint density at radius 2 is 2.09 bits per heavy atom. The Morgan fingerprint density at radius 3 is 2.87 bits per heavy atom. The zero-order chi connectivity index (χ0) is 16.4. The minimum Gasteiger partial charge on any atom is -0.478 e. The van der Waals surface area contributed by atoms with Gasteiger partial charge in [0.2, 0.25) is 0 Å². The summed E-state index contributed by atoms with van der Waals surface area (Å²) in [5.41, 5.74) is 0.969. The molecule has 1 atom stereocenters. The van der Waals surface area contributed by atoms with Gasteiger partial charge in [-0.15, -0.1) is 0 Å². The van der Waals surface area contributed by atoms with E-state index < -0.39 is 30.3 Å². The van der Waals surface area contributed by atoms with Crippen LogP contribution in [0.3, 0.4) is 0 Å². The van der Waals surface area contributed by atoms with Crippen LogP contribution in [-0.2, 0) is 16.0 Å². The maximum atomic E-state index is 13.1. The molecular formula is C17H12ClFO4. The van der Waals surface area contributed by atoms with Crippen molar-refractivity contribution in [2.45, 2.75) is 12.5 Å². The van der Waals surface area contributed by atoms with Crippen molar-refractivity contribution in [2.24, 2.45) is 0 Å². The molecular weight excluding hydrogens is 323 g/mol. The van der Waals surface area contributed by atoms with Crippen LogP contribution in [0, 0.1) is 5.82 Å². The Labute approximate surface area is 136 Å². The number of esters is 1. The van der Waals surface area contributed by atoms with Gasteiger partial charge in [0.05, 0.1) is 0 Å². The molecule has 0 aromatic heterocycles. The topological polar surface area (TPSA) is 52.6 Å². The molecule has 0 radical (unpaired) electrons. The predicted molar refractivity (Wildman–Crippen MR) is 81.3 cm³/mol. The molecule has 3 rings (SSSR count). The quantitative estimate of drug-likeness (QED) is 0.636. The average Bonchev–Trinajstić information content (AvgIpc) is 2.95. The number of carbonyl (C=O) groups is 2. The van der Waals surface area contributed by atoms with Crippen LogP contribution < -0.4 is 4.74 Å². The molecule has 0 amide bonds. The number of ether oxygens (including phenoxy) is 2. The van der Waals surface area contributed by atoms with Crippen LogP contribution in [0.5, 0.6) is 5.75 Å². The Balaban J connectivity index is 1.58. The number of fused-ring (bicyclic) bond motifs is 1. The molecule has 0 saturated heterocycles. The lowest BCUT2D eigenvalue weighted by atomic mass is 10.1. The van der Waals surface area contributed by atoms with Gasteiger partial charge in [-0.2, -0.15) is 0 Å². The van der Waals surface area contributed by atoms with Crippen LogP contribution in [0.1, 0.15) is 15.9 Å². The van der Waals surface area contributed by atoms with Gasteiger partial charge in [0.15, 0.2) is 18.5 Å². The van der Waals surface area contributed by atoms with E-state index in [4.69, 9.17) is 21.1 Å². The maximum Gasteiger partial charge on any atom is 0.348 e. The monoisotopic (exact) mass is 334 g/mol. The van der Waals surface area contributed by atoms with Gasteiger partial charge in [-0.1, -0.05) is 23.7 Å². The molecule has 0 aliphatic carbocycles. The lowest BCUT2D eigenvalue weighted by Gasteiger charge is -2.10. The fourth-order valence-electron chi connectivity index (χ4n) is 2.32. The molecule has 0 saturated carbocycles. The third-order valence-corrected chi connectivity index (χ3v) is 3.69. The van der Waals surface area contributed by atoms with Crippen LogP contribution in [0.2, 0.25) is 5.02 Å². The largest absolute Gasteiger partial charge is 0.478 e. The lowest BCUT2D eigenvalue weighted by Crippen LogP contribution is -2.29. The Hall–Kier alpha value is -2.40. The number of rotatable bonds is 4. The third-order valence-electron chi connectivity index (χ3n) is 3.45. The van der Waals surface area contributed by atoms with Gasteiger partial charge in [-0.25, -0.2) is 9.18 Å². The number of Topliss-reactive ketones (excluding diaryl/α,β-unsaturated/α-hetero) is 1. The van der Waals surface area contributed by atoms with Crippen LogP contribution >= 0.6 is 11.6 Å². The first-order valence-corrected chi connectivity index (χ1v) is 7.31. The summed E-state index contributed by atoms with van der Waals surface area (Å²) in [7, 11) is 0. The molecule has 23 heavy (non-hydrogen) atoms. The summed E-state index contributed by atoms with van der Waals surface area (Å²) in [5, 5.41) is 0.558. The fourth-order valence-corrected chi connectivity index (χ4v) is 2.52. The molecule has 6 heteroatoms. The van der Waals surface area contributed by atoms with Crippen molar-refractivity contribution in [1.82, 2.24) is 0 Å². The first-order valence-electron chi connectivity index (χ1n) is 6.93. The van der Waals surface area contributed by atoms with Crippen LogP contribution in [0.4, 0.5) is 4.39 Å². The number of halogens is 2. The number of ketones is 1. The minimum atomic E-state index is -0.802. The summed E-state index contributed by atoms with van der Waals surface area (Å²) in [5.74, 6) is -1.06. The van der Waals surface area contributed by atoms with E-state index in [1.807, 2.05) is 0 Å². The van der Waals surface area contributed by atoms with Crippen LogP contribution in [0.15, 0.2) is 42.5 Å². The molecule has 1 aliphatic heterocycles. The summed E-state index contributed by atoms with van der Waals surface area (Å²) in [6.45, 7) is -0.459. The number of carbonyl (C=O) groups excluding carboxylic acids is 2. The number of hydrogen-bond acceptors (Lipinski definition) is 4. The van der Waals surface area contributed by atoms with Crippen molar-refractivity contribution in [3.8, 4) is 5.75 Å². The standard InChI is InChI=1S/C17H12ClFO4/c18-12-4-5-15-11(6-12)8-16(23-15)17(21)22-9-14(20)10-2-1-3-13(19)7-10/h1-7,16H,8-9H2/t16-/m1/s1. The summed E-state index contributed by atoms with van der Waals surface area (Å²) in [4.78, 5) is 23.9. The first kappa shape index (κ1) is 15.5. The second kappa shape index (κ2) is 6.38. The first-order chi connectivity index (χ1) is 11.0. The highest BCUT2D eigenvalue weighted by molar-refractivity contribution is 6.30. The third kappa shape index (κ3) is 3.51. The smallest absolute Gasteiger partial charge is 0.348 e. The van der Waals surface area contributed by atoms with E-state index in [1.54, 1.807) is 18.2 Å². The van der Waals surface area contributed by atoms with Gasteiger partial charge in [0.25, 0.3) is 0 Å². The Morgan fingerprint density at radius 1 is 1.26 bits per heavy atom. The predicted octanol–water partition coefficient (Wildman–Crippen LogP) is 3.21. The zero-order valence-electron chi connectivity index (χ0n) is 11.9. The minimum absolute atomic E-state index is 0.153. The Bertz CT molecular complexity index is 775. The van der Waals surface area contributed by atoms with E-state index in [0.29, 0.717) is 17.2 Å².